The van der Waals surface area contributed by atoms with Gasteiger partial charge in [-0.2, -0.15) is 10.4 Å². The third-order valence-corrected chi connectivity index (χ3v) is 5.00. The maximum absolute atomic E-state index is 11.9. The van der Waals surface area contributed by atoms with E-state index in [1.807, 2.05) is 6.07 Å². The first kappa shape index (κ1) is 22.6. The Morgan fingerprint density at radius 1 is 1.39 bits per heavy atom. The van der Waals surface area contributed by atoms with Crippen LogP contribution in [0.25, 0.3) is 5.52 Å². The first-order chi connectivity index (χ1) is 14.7. The van der Waals surface area contributed by atoms with Crippen molar-refractivity contribution in [3.8, 4) is 6.07 Å². The minimum atomic E-state index is -1.98. The van der Waals surface area contributed by atoms with Crippen LogP contribution in [0.15, 0.2) is 18.5 Å². The zero-order chi connectivity index (χ0) is 22.8. The molecule has 0 spiro atoms. The quantitative estimate of drug-likeness (QED) is 0.431. The molecule has 3 heterocycles. The molecule has 3 rings (SSSR count). The van der Waals surface area contributed by atoms with Gasteiger partial charge in [-0.3, -0.25) is 4.79 Å². The summed E-state index contributed by atoms with van der Waals surface area (Å²) in [6, 6.07) is 4.92. The van der Waals surface area contributed by atoms with Crippen molar-refractivity contribution in [3.05, 3.63) is 24.2 Å². The number of nitriles is 1. The Balaban J connectivity index is 1.68. The molecular formula is C19H23N5O7. The Morgan fingerprint density at radius 3 is 2.81 bits per heavy atom. The van der Waals surface area contributed by atoms with Crippen LogP contribution in [0.2, 0.25) is 0 Å². The van der Waals surface area contributed by atoms with Gasteiger partial charge >= 0.3 is 5.97 Å². The van der Waals surface area contributed by atoms with E-state index in [0.29, 0.717) is 5.52 Å². The van der Waals surface area contributed by atoms with Crippen LogP contribution >= 0.6 is 0 Å². The third kappa shape index (κ3) is 4.21. The highest BCUT2D eigenvalue weighted by atomic mass is 16.6. The number of ketones is 1. The fourth-order valence-electron chi connectivity index (χ4n) is 3.17. The van der Waals surface area contributed by atoms with Gasteiger partial charge in [0, 0.05) is 5.92 Å². The van der Waals surface area contributed by atoms with Crippen molar-refractivity contribution < 1.29 is 34.0 Å². The summed E-state index contributed by atoms with van der Waals surface area (Å²) in [7, 11) is 0. The Morgan fingerprint density at radius 2 is 2.13 bits per heavy atom. The molecule has 0 saturated carbocycles. The van der Waals surface area contributed by atoms with E-state index >= 15 is 0 Å². The molecule has 1 aliphatic rings. The van der Waals surface area contributed by atoms with E-state index in [2.05, 4.69) is 10.1 Å². The summed E-state index contributed by atoms with van der Waals surface area (Å²) in [4.78, 5) is 27.2. The number of Topliss-reactive ketones (excluding diaryl/α,β-unsaturated/α-hetero) is 1. The lowest BCUT2D eigenvalue weighted by molar-refractivity contribution is -0.156. The summed E-state index contributed by atoms with van der Waals surface area (Å²) >= 11 is 0. The molecule has 0 aromatic carbocycles. The van der Waals surface area contributed by atoms with E-state index in [0.717, 1.165) is 0 Å². The smallest absolute Gasteiger partial charge is 0.332 e. The SMILES string of the molecule is CC(C)C(=O)COCC(=O)OC[C@H]1O[C@@](C#N)(c2ccc3c(N)ncnn23)[C@H](O)[C@@H]1O. The predicted molar refractivity (Wildman–Crippen MR) is 103 cm³/mol. The molecule has 1 fully saturated rings. The van der Waals surface area contributed by atoms with Gasteiger partial charge in [0.15, 0.2) is 11.6 Å². The molecule has 1 aliphatic heterocycles. The van der Waals surface area contributed by atoms with Crippen molar-refractivity contribution in [2.45, 2.75) is 37.8 Å². The maximum Gasteiger partial charge on any atom is 0.332 e. The number of nitrogen functional groups attached to an aromatic ring is 1. The van der Waals surface area contributed by atoms with Gasteiger partial charge in [-0.1, -0.05) is 13.8 Å². The highest BCUT2D eigenvalue weighted by Gasteiger charge is 2.57. The predicted octanol–water partition coefficient (Wildman–Crippen LogP) is -1.06. The molecule has 12 heteroatoms. The van der Waals surface area contributed by atoms with E-state index in [-0.39, 0.29) is 29.8 Å². The summed E-state index contributed by atoms with van der Waals surface area (Å²) < 4.78 is 17.0. The molecule has 0 bridgehead atoms. The fourth-order valence-corrected chi connectivity index (χ4v) is 3.17. The Kier molecular flexibility index (Phi) is 6.51. The first-order valence-electron chi connectivity index (χ1n) is 9.51. The molecule has 4 N–H and O–H groups in total. The molecule has 31 heavy (non-hydrogen) atoms. The van der Waals surface area contributed by atoms with Gasteiger partial charge in [-0.15, -0.1) is 0 Å². The first-order valence-corrected chi connectivity index (χ1v) is 9.51. The summed E-state index contributed by atoms with van der Waals surface area (Å²) in [5.41, 5.74) is 4.34. The van der Waals surface area contributed by atoms with Crippen LogP contribution in [-0.2, 0) is 29.4 Å². The second-order valence-corrected chi connectivity index (χ2v) is 7.40. The van der Waals surface area contributed by atoms with Gasteiger partial charge in [0.05, 0.1) is 5.69 Å². The molecule has 1 saturated heterocycles. The zero-order valence-corrected chi connectivity index (χ0v) is 17.0. The van der Waals surface area contributed by atoms with Gasteiger partial charge in [0.1, 0.15) is 56.0 Å². The van der Waals surface area contributed by atoms with E-state index in [1.54, 1.807) is 19.9 Å². The van der Waals surface area contributed by atoms with Crippen molar-refractivity contribution in [1.29, 1.82) is 5.26 Å². The van der Waals surface area contributed by atoms with E-state index < -0.39 is 43.1 Å². The number of hydrogen-bond donors (Lipinski definition) is 3. The number of fused-ring (bicyclic) bond motifs is 1. The largest absolute Gasteiger partial charge is 0.461 e. The fraction of sp³-hybridized carbons (Fsp3) is 0.526. The lowest BCUT2D eigenvalue weighted by Gasteiger charge is -2.24. The topological polar surface area (TPSA) is 182 Å². The molecule has 2 aromatic rings. The number of rotatable bonds is 8. The third-order valence-electron chi connectivity index (χ3n) is 5.00. The molecule has 0 aliphatic carbocycles. The summed E-state index contributed by atoms with van der Waals surface area (Å²) in [5.74, 6) is -1.01. The maximum atomic E-state index is 11.9. The summed E-state index contributed by atoms with van der Waals surface area (Å²) in [5, 5.41) is 34.9. The monoisotopic (exact) mass is 433 g/mol. The number of carbonyl (C=O) groups is 2. The highest BCUT2D eigenvalue weighted by molar-refractivity contribution is 5.81. The Hall–Kier alpha value is -3.11. The van der Waals surface area contributed by atoms with E-state index in [4.69, 9.17) is 19.9 Å². The van der Waals surface area contributed by atoms with E-state index in [1.165, 1.54) is 16.9 Å². The van der Waals surface area contributed by atoms with Crippen LogP contribution in [0, 0.1) is 17.2 Å². The van der Waals surface area contributed by atoms with Crippen molar-refractivity contribution in [1.82, 2.24) is 14.6 Å². The molecule has 12 nitrogen and oxygen atoms in total. The van der Waals surface area contributed by atoms with Crippen LogP contribution in [0.4, 0.5) is 5.82 Å². The van der Waals surface area contributed by atoms with E-state index in [9.17, 15) is 25.1 Å². The van der Waals surface area contributed by atoms with Crippen LogP contribution < -0.4 is 5.73 Å². The van der Waals surface area contributed by atoms with Gasteiger partial charge in [0.2, 0.25) is 5.60 Å². The van der Waals surface area contributed by atoms with Crippen LogP contribution in [0.3, 0.4) is 0 Å². The Bertz CT molecular complexity index is 1020. The number of aromatic nitrogens is 3. The number of nitrogens with zero attached hydrogens (tertiary/aromatic N) is 4. The number of carbonyl (C=O) groups excluding carboxylic acids is 2. The number of aliphatic hydroxyl groups excluding tert-OH is 2. The molecule has 0 amide bonds. The zero-order valence-electron chi connectivity index (χ0n) is 17.0. The summed E-state index contributed by atoms with van der Waals surface area (Å²) in [6.45, 7) is 2.29. The van der Waals surface area contributed by atoms with Crippen molar-refractivity contribution in [2.75, 3.05) is 25.6 Å². The summed E-state index contributed by atoms with van der Waals surface area (Å²) in [6.07, 6.45) is -3.20. The average Bonchev–Trinajstić information content (AvgIpc) is 3.28. The van der Waals surface area contributed by atoms with Gasteiger partial charge in [0.25, 0.3) is 0 Å². The lowest BCUT2D eigenvalue weighted by Crippen LogP contribution is -2.41. The minimum absolute atomic E-state index is 0.134. The number of anilines is 1. The van der Waals surface area contributed by atoms with Crippen LogP contribution in [0.5, 0.6) is 0 Å². The van der Waals surface area contributed by atoms with Crippen molar-refractivity contribution in [3.63, 3.8) is 0 Å². The van der Waals surface area contributed by atoms with Crippen molar-refractivity contribution >= 4 is 23.1 Å². The van der Waals surface area contributed by atoms with Gasteiger partial charge in [-0.25, -0.2) is 14.3 Å². The van der Waals surface area contributed by atoms with Gasteiger partial charge < -0.3 is 30.2 Å². The average molecular weight is 433 g/mol. The molecule has 4 atom stereocenters. The second-order valence-electron chi connectivity index (χ2n) is 7.40. The highest BCUT2D eigenvalue weighted by Crippen LogP contribution is 2.40. The minimum Gasteiger partial charge on any atom is -0.461 e. The number of nitrogens with two attached hydrogens (primary N) is 1. The number of hydrogen-bond acceptors (Lipinski definition) is 11. The Labute approximate surface area is 177 Å². The van der Waals surface area contributed by atoms with Crippen LogP contribution in [0.1, 0.15) is 19.5 Å². The molecule has 2 aromatic heterocycles. The number of aliphatic hydroxyl groups is 2. The van der Waals surface area contributed by atoms with Crippen LogP contribution in [-0.4, -0.2) is 74.7 Å². The standard InChI is InChI=1S/C19H23N5O7/c1-10(2)12(25)5-29-7-15(26)30-6-13-16(27)17(28)19(8-20,31-13)14-4-3-11-18(21)22-9-23-24(11)14/h3-4,9-10,13,16-17,27-28H,5-7H2,1-2H3,(H2,21,22,23)/t13-,16-,17-,19+/m1/s1. The van der Waals surface area contributed by atoms with Crippen molar-refractivity contribution in [2.24, 2.45) is 5.92 Å². The number of ether oxygens (including phenoxy) is 3. The molecule has 0 radical (unpaired) electrons. The normalized spacial score (nSPS) is 25.6. The lowest BCUT2D eigenvalue weighted by atomic mass is 9.92. The molecule has 0 unspecified atom stereocenters. The molecular weight excluding hydrogens is 410 g/mol. The molecule has 166 valence electrons. The van der Waals surface area contributed by atoms with Gasteiger partial charge in [-0.05, 0) is 12.1 Å². The number of esters is 1. The second kappa shape index (κ2) is 8.94.